The van der Waals surface area contributed by atoms with Gasteiger partial charge in [0, 0.05) is 18.6 Å². The maximum Gasteiger partial charge on any atom is 0.129 e. The zero-order valence-corrected chi connectivity index (χ0v) is 10.2. The van der Waals surface area contributed by atoms with E-state index in [9.17, 15) is 0 Å². The summed E-state index contributed by atoms with van der Waals surface area (Å²) in [6, 6.07) is 0.952. The molecule has 1 heterocycles. The van der Waals surface area contributed by atoms with Gasteiger partial charge in [-0.15, -0.1) is 0 Å². The Labute approximate surface area is 92.2 Å². The Hall–Kier alpha value is -0.610. The van der Waals surface area contributed by atoms with E-state index in [2.05, 4.69) is 23.9 Å². The van der Waals surface area contributed by atoms with E-state index >= 15 is 0 Å². The predicted molar refractivity (Wildman–Crippen MR) is 61.2 cm³/mol. The molecule has 0 aliphatic carbocycles. The van der Waals surface area contributed by atoms with E-state index < -0.39 is 0 Å². The molecule has 0 aromatic heterocycles. The molecule has 88 valence electrons. The SMILES string of the molecule is CC(C)=NOCCN1C(C)COCC1C. The molecule has 2 atom stereocenters. The van der Waals surface area contributed by atoms with E-state index in [1.165, 1.54) is 0 Å². The van der Waals surface area contributed by atoms with Crippen LogP contribution in [-0.4, -0.2) is 49.1 Å². The number of ether oxygens (including phenoxy) is 1. The van der Waals surface area contributed by atoms with Gasteiger partial charge in [-0.1, -0.05) is 5.16 Å². The summed E-state index contributed by atoms with van der Waals surface area (Å²) in [5.41, 5.74) is 0.957. The van der Waals surface area contributed by atoms with Gasteiger partial charge in [-0.25, -0.2) is 0 Å². The van der Waals surface area contributed by atoms with Crippen LogP contribution >= 0.6 is 0 Å². The Morgan fingerprint density at radius 2 is 1.93 bits per heavy atom. The minimum atomic E-state index is 0.476. The molecule has 1 aliphatic heterocycles. The van der Waals surface area contributed by atoms with Crippen molar-refractivity contribution in [2.75, 3.05) is 26.4 Å². The van der Waals surface area contributed by atoms with Crippen LogP contribution in [0.3, 0.4) is 0 Å². The van der Waals surface area contributed by atoms with Crippen molar-refractivity contribution in [1.29, 1.82) is 0 Å². The summed E-state index contributed by atoms with van der Waals surface area (Å²) < 4.78 is 5.46. The van der Waals surface area contributed by atoms with Gasteiger partial charge in [0.15, 0.2) is 0 Å². The van der Waals surface area contributed by atoms with E-state index in [-0.39, 0.29) is 0 Å². The van der Waals surface area contributed by atoms with Gasteiger partial charge in [-0.05, 0) is 27.7 Å². The molecule has 0 radical (unpaired) electrons. The Kier molecular flexibility index (Phi) is 5.05. The van der Waals surface area contributed by atoms with Gasteiger partial charge in [-0.3, -0.25) is 4.90 Å². The van der Waals surface area contributed by atoms with Crippen LogP contribution in [-0.2, 0) is 9.57 Å². The number of hydrogen-bond donors (Lipinski definition) is 0. The van der Waals surface area contributed by atoms with Crippen molar-refractivity contribution < 1.29 is 9.57 Å². The summed E-state index contributed by atoms with van der Waals surface area (Å²) in [5, 5.41) is 3.92. The van der Waals surface area contributed by atoms with Crippen molar-refractivity contribution in [3.63, 3.8) is 0 Å². The van der Waals surface area contributed by atoms with Gasteiger partial charge in [0.25, 0.3) is 0 Å². The van der Waals surface area contributed by atoms with E-state index in [1.54, 1.807) is 0 Å². The molecule has 0 N–H and O–H groups in total. The molecule has 0 amide bonds. The molecule has 0 spiro atoms. The third kappa shape index (κ3) is 4.18. The summed E-state index contributed by atoms with van der Waals surface area (Å²) >= 11 is 0. The van der Waals surface area contributed by atoms with Crippen LogP contribution in [0.5, 0.6) is 0 Å². The quantitative estimate of drug-likeness (QED) is 0.404. The van der Waals surface area contributed by atoms with Crippen LogP contribution in [0, 0.1) is 0 Å². The maximum absolute atomic E-state index is 5.46. The topological polar surface area (TPSA) is 34.1 Å². The second-order valence-electron chi connectivity index (χ2n) is 4.35. The van der Waals surface area contributed by atoms with Gasteiger partial charge < -0.3 is 9.57 Å². The van der Waals surface area contributed by atoms with Crippen molar-refractivity contribution in [2.45, 2.75) is 39.8 Å². The standard InChI is InChI=1S/C11H22N2O2/c1-9(2)12-15-6-5-13-10(3)7-14-8-11(13)4/h10-11H,5-8H2,1-4H3. The first-order valence-corrected chi connectivity index (χ1v) is 5.58. The van der Waals surface area contributed by atoms with Crippen LogP contribution in [0.4, 0.5) is 0 Å². The summed E-state index contributed by atoms with van der Waals surface area (Å²) in [4.78, 5) is 7.61. The molecular weight excluding hydrogens is 192 g/mol. The van der Waals surface area contributed by atoms with E-state index in [1.807, 2.05) is 13.8 Å². The number of morpholine rings is 1. The zero-order valence-electron chi connectivity index (χ0n) is 10.2. The highest BCUT2D eigenvalue weighted by Gasteiger charge is 2.24. The molecule has 1 fully saturated rings. The smallest absolute Gasteiger partial charge is 0.129 e. The molecule has 1 aliphatic rings. The first-order valence-electron chi connectivity index (χ1n) is 5.58. The van der Waals surface area contributed by atoms with E-state index in [0.717, 1.165) is 25.5 Å². The van der Waals surface area contributed by atoms with Gasteiger partial charge in [0.05, 0.1) is 18.9 Å². The number of oxime groups is 1. The van der Waals surface area contributed by atoms with Crippen molar-refractivity contribution in [2.24, 2.45) is 5.16 Å². The second-order valence-corrected chi connectivity index (χ2v) is 4.35. The highest BCUT2D eigenvalue weighted by Crippen LogP contribution is 2.12. The van der Waals surface area contributed by atoms with Gasteiger partial charge in [-0.2, -0.15) is 0 Å². The van der Waals surface area contributed by atoms with Crippen LogP contribution in [0.2, 0.25) is 0 Å². The fourth-order valence-corrected chi connectivity index (χ4v) is 1.80. The monoisotopic (exact) mass is 214 g/mol. The summed E-state index contributed by atoms with van der Waals surface area (Å²) in [6.07, 6.45) is 0. The molecule has 0 aromatic carbocycles. The highest BCUT2D eigenvalue weighted by molar-refractivity contribution is 5.78. The Morgan fingerprint density at radius 3 is 2.47 bits per heavy atom. The Bertz CT molecular complexity index is 205. The lowest BCUT2D eigenvalue weighted by Crippen LogP contribution is -2.50. The Morgan fingerprint density at radius 1 is 1.33 bits per heavy atom. The number of hydrogen-bond acceptors (Lipinski definition) is 4. The number of nitrogens with zero attached hydrogens (tertiary/aromatic N) is 2. The molecule has 0 aromatic rings. The molecule has 1 saturated heterocycles. The predicted octanol–water partition coefficient (Wildman–Crippen LogP) is 1.51. The molecule has 15 heavy (non-hydrogen) atoms. The fraction of sp³-hybridized carbons (Fsp3) is 0.909. The first kappa shape index (κ1) is 12.5. The molecule has 0 saturated carbocycles. The second kappa shape index (κ2) is 6.08. The van der Waals surface area contributed by atoms with Crippen LogP contribution in [0.25, 0.3) is 0 Å². The molecule has 0 bridgehead atoms. The highest BCUT2D eigenvalue weighted by atomic mass is 16.6. The van der Waals surface area contributed by atoms with Crippen molar-refractivity contribution >= 4 is 5.71 Å². The first-order chi connectivity index (χ1) is 7.11. The normalized spacial score (nSPS) is 27.5. The van der Waals surface area contributed by atoms with Gasteiger partial charge in [0.2, 0.25) is 0 Å². The largest absolute Gasteiger partial charge is 0.395 e. The van der Waals surface area contributed by atoms with E-state index in [4.69, 9.17) is 9.57 Å². The number of rotatable bonds is 4. The van der Waals surface area contributed by atoms with E-state index in [0.29, 0.717) is 18.7 Å². The average Bonchev–Trinajstić information content (AvgIpc) is 2.15. The molecule has 4 heteroatoms. The molecule has 2 unspecified atom stereocenters. The Balaban J connectivity index is 2.26. The lowest BCUT2D eigenvalue weighted by atomic mass is 10.2. The third-order valence-electron chi connectivity index (χ3n) is 2.54. The minimum Gasteiger partial charge on any atom is -0.395 e. The lowest BCUT2D eigenvalue weighted by molar-refractivity contribution is -0.0470. The van der Waals surface area contributed by atoms with Crippen molar-refractivity contribution in [3.8, 4) is 0 Å². The fourth-order valence-electron chi connectivity index (χ4n) is 1.80. The summed E-state index contributed by atoms with van der Waals surface area (Å²) in [5.74, 6) is 0. The molecule has 4 nitrogen and oxygen atoms in total. The van der Waals surface area contributed by atoms with Gasteiger partial charge >= 0.3 is 0 Å². The van der Waals surface area contributed by atoms with Crippen molar-refractivity contribution in [3.05, 3.63) is 0 Å². The lowest BCUT2D eigenvalue weighted by Gasteiger charge is -2.38. The summed E-state index contributed by atoms with van der Waals surface area (Å²) in [6.45, 7) is 11.4. The molecule has 1 rings (SSSR count). The third-order valence-corrected chi connectivity index (χ3v) is 2.54. The zero-order chi connectivity index (χ0) is 11.3. The summed E-state index contributed by atoms with van der Waals surface area (Å²) in [7, 11) is 0. The minimum absolute atomic E-state index is 0.476. The van der Waals surface area contributed by atoms with Crippen molar-refractivity contribution in [1.82, 2.24) is 4.90 Å². The van der Waals surface area contributed by atoms with Crippen LogP contribution in [0.15, 0.2) is 5.16 Å². The van der Waals surface area contributed by atoms with Crippen LogP contribution < -0.4 is 0 Å². The molecular formula is C11H22N2O2. The maximum atomic E-state index is 5.46. The average molecular weight is 214 g/mol. The van der Waals surface area contributed by atoms with Gasteiger partial charge in [0.1, 0.15) is 6.61 Å². The van der Waals surface area contributed by atoms with Crippen LogP contribution in [0.1, 0.15) is 27.7 Å².